The Bertz CT molecular complexity index is 422. The van der Waals surface area contributed by atoms with Crippen molar-refractivity contribution in [1.29, 1.82) is 0 Å². The maximum atomic E-state index is 11.9. The van der Waals surface area contributed by atoms with Crippen LogP contribution in [-0.2, 0) is 4.74 Å². The van der Waals surface area contributed by atoms with Crippen LogP contribution in [0.25, 0.3) is 0 Å². The molecule has 0 radical (unpaired) electrons. The molecule has 4 nitrogen and oxygen atoms in total. The largest absolute Gasteiger partial charge is 0.491 e. The third-order valence-electron chi connectivity index (χ3n) is 3.25. The Kier molecular flexibility index (Phi) is 5.41. The van der Waals surface area contributed by atoms with Gasteiger partial charge in [0.05, 0.1) is 6.10 Å². The molecule has 0 spiro atoms. The van der Waals surface area contributed by atoms with E-state index in [1.807, 2.05) is 12.1 Å². The molecule has 110 valence electrons. The Labute approximate surface area is 120 Å². The zero-order valence-electron chi connectivity index (χ0n) is 12.2. The second kappa shape index (κ2) is 7.29. The Morgan fingerprint density at radius 1 is 1.40 bits per heavy atom. The minimum atomic E-state index is -0.0376. The second-order valence-corrected chi connectivity index (χ2v) is 5.57. The quantitative estimate of drug-likeness (QED) is 0.869. The molecule has 2 rings (SSSR count). The van der Waals surface area contributed by atoms with Crippen LogP contribution in [0.2, 0.25) is 0 Å². The highest BCUT2D eigenvalue weighted by Crippen LogP contribution is 2.16. The topological polar surface area (TPSA) is 47.6 Å². The van der Waals surface area contributed by atoms with E-state index in [2.05, 4.69) is 19.2 Å². The van der Waals surface area contributed by atoms with Crippen LogP contribution in [0.5, 0.6) is 5.75 Å². The van der Waals surface area contributed by atoms with Gasteiger partial charge in [0.1, 0.15) is 12.4 Å². The van der Waals surface area contributed by atoms with Gasteiger partial charge in [-0.1, -0.05) is 13.8 Å². The molecule has 1 unspecified atom stereocenters. The molecule has 1 aliphatic rings. The Balaban J connectivity index is 1.80. The first-order chi connectivity index (χ1) is 9.65. The number of ether oxygens (including phenoxy) is 2. The third-order valence-corrected chi connectivity index (χ3v) is 3.25. The summed E-state index contributed by atoms with van der Waals surface area (Å²) in [4.78, 5) is 11.9. The van der Waals surface area contributed by atoms with Crippen molar-refractivity contribution in [3.63, 3.8) is 0 Å². The number of benzene rings is 1. The van der Waals surface area contributed by atoms with E-state index in [0.29, 0.717) is 24.6 Å². The fourth-order valence-corrected chi connectivity index (χ4v) is 2.07. The van der Waals surface area contributed by atoms with Gasteiger partial charge in [0.25, 0.3) is 5.91 Å². The lowest BCUT2D eigenvalue weighted by Crippen LogP contribution is -2.27. The standard InChI is InChI=1S/C16H23NO3/c1-12(2)10-17-16(18)13-5-7-14(8-6-13)20-11-15-4-3-9-19-15/h5-8,12,15H,3-4,9-11H2,1-2H3,(H,17,18). The van der Waals surface area contributed by atoms with Crippen LogP contribution >= 0.6 is 0 Å². The van der Waals surface area contributed by atoms with E-state index in [9.17, 15) is 4.79 Å². The van der Waals surface area contributed by atoms with Crippen molar-refractivity contribution in [2.45, 2.75) is 32.8 Å². The minimum Gasteiger partial charge on any atom is -0.491 e. The number of nitrogens with one attached hydrogen (secondary N) is 1. The fourth-order valence-electron chi connectivity index (χ4n) is 2.07. The zero-order chi connectivity index (χ0) is 14.4. The average molecular weight is 277 g/mol. The van der Waals surface area contributed by atoms with Gasteiger partial charge in [0.2, 0.25) is 0 Å². The highest BCUT2D eigenvalue weighted by atomic mass is 16.5. The van der Waals surface area contributed by atoms with E-state index < -0.39 is 0 Å². The van der Waals surface area contributed by atoms with E-state index in [1.54, 1.807) is 12.1 Å². The number of amides is 1. The lowest BCUT2D eigenvalue weighted by molar-refractivity contribution is 0.0679. The summed E-state index contributed by atoms with van der Waals surface area (Å²) in [5.74, 6) is 1.19. The van der Waals surface area contributed by atoms with Gasteiger partial charge < -0.3 is 14.8 Å². The summed E-state index contributed by atoms with van der Waals surface area (Å²) in [6.45, 7) is 6.25. The van der Waals surface area contributed by atoms with E-state index in [4.69, 9.17) is 9.47 Å². The number of carbonyl (C=O) groups is 1. The number of carbonyl (C=O) groups excluding carboxylic acids is 1. The molecular formula is C16H23NO3. The summed E-state index contributed by atoms with van der Waals surface area (Å²) < 4.78 is 11.2. The molecule has 4 heteroatoms. The molecule has 0 aromatic heterocycles. The van der Waals surface area contributed by atoms with Gasteiger partial charge >= 0.3 is 0 Å². The first kappa shape index (κ1) is 14.9. The lowest BCUT2D eigenvalue weighted by Gasteiger charge is -2.12. The predicted octanol–water partition coefficient (Wildman–Crippen LogP) is 2.63. The summed E-state index contributed by atoms with van der Waals surface area (Å²) in [5, 5.41) is 2.89. The van der Waals surface area contributed by atoms with E-state index in [-0.39, 0.29) is 12.0 Å². The number of hydrogen-bond donors (Lipinski definition) is 1. The fraction of sp³-hybridized carbons (Fsp3) is 0.562. The molecule has 0 aliphatic carbocycles. The second-order valence-electron chi connectivity index (χ2n) is 5.57. The van der Waals surface area contributed by atoms with Crippen LogP contribution in [0.15, 0.2) is 24.3 Å². The highest BCUT2D eigenvalue weighted by Gasteiger charge is 2.16. The van der Waals surface area contributed by atoms with E-state index in [0.717, 1.165) is 25.2 Å². The molecule has 1 heterocycles. The van der Waals surface area contributed by atoms with Crippen molar-refractivity contribution < 1.29 is 14.3 Å². The smallest absolute Gasteiger partial charge is 0.251 e. The molecule has 1 N–H and O–H groups in total. The van der Waals surface area contributed by atoms with Gasteiger partial charge in [0.15, 0.2) is 0 Å². The molecule has 1 amide bonds. The monoisotopic (exact) mass is 277 g/mol. The van der Waals surface area contributed by atoms with Gasteiger partial charge in [0, 0.05) is 18.7 Å². The van der Waals surface area contributed by atoms with Crippen LogP contribution in [-0.4, -0.2) is 31.8 Å². The normalized spacial score (nSPS) is 18.2. The minimum absolute atomic E-state index is 0.0376. The molecule has 1 aromatic carbocycles. The number of rotatable bonds is 6. The van der Waals surface area contributed by atoms with Crippen molar-refractivity contribution in [1.82, 2.24) is 5.32 Å². The summed E-state index contributed by atoms with van der Waals surface area (Å²) in [6.07, 6.45) is 2.39. The van der Waals surface area contributed by atoms with Crippen LogP contribution in [0.4, 0.5) is 0 Å². The van der Waals surface area contributed by atoms with Gasteiger partial charge in [-0.15, -0.1) is 0 Å². The first-order valence-electron chi connectivity index (χ1n) is 7.28. The third kappa shape index (κ3) is 4.53. The molecule has 1 atom stereocenters. The van der Waals surface area contributed by atoms with Gasteiger partial charge in [-0.2, -0.15) is 0 Å². The SMILES string of the molecule is CC(C)CNC(=O)c1ccc(OCC2CCCO2)cc1. The maximum absolute atomic E-state index is 11.9. The molecule has 1 fully saturated rings. The summed E-state index contributed by atoms with van der Waals surface area (Å²) in [7, 11) is 0. The predicted molar refractivity (Wildman–Crippen MR) is 78.1 cm³/mol. The molecular weight excluding hydrogens is 254 g/mol. The van der Waals surface area contributed by atoms with Crippen molar-refractivity contribution in [2.75, 3.05) is 19.8 Å². The molecule has 0 saturated carbocycles. The van der Waals surface area contributed by atoms with Gasteiger partial charge in [-0.3, -0.25) is 4.79 Å². The summed E-state index contributed by atoms with van der Waals surface area (Å²) >= 11 is 0. The summed E-state index contributed by atoms with van der Waals surface area (Å²) in [5.41, 5.74) is 0.662. The Morgan fingerprint density at radius 3 is 2.75 bits per heavy atom. The first-order valence-corrected chi connectivity index (χ1v) is 7.28. The Hall–Kier alpha value is -1.55. The lowest BCUT2D eigenvalue weighted by atomic mass is 10.2. The molecule has 20 heavy (non-hydrogen) atoms. The van der Waals surface area contributed by atoms with Gasteiger partial charge in [-0.25, -0.2) is 0 Å². The van der Waals surface area contributed by atoms with Crippen molar-refractivity contribution >= 4 is 5.91 Å². The van der Waals surface area contributed by atoms with Gasteiger partial charge in [-0.05, 0) is 43.0 Å². The van der Waals surface area contributed by atoms with Crippen LogP contribution in [0.1, 0.15) is 37.0 Å². The molecule has 1 aliphatic heterocycles. The van der Waals surface area contributed by atoms with Crippen molar-refractivity contribution in [3.8, 4) is 5.75 Å². The van der Waals surface area contributed by atoms with Crippen LogP contribution in [0, 0.1) is 5.92 Å². The highest BCUT2D eigenvalue weighted by molar-refractivity contribution is 5.94. The van der Waals surface area contributed by atoms with E-state index in [1.165, 1.54) is 0 Å². The summed E-state index contributed by atoms with van der Waals surface area (Å²) in [6, 6.07) is 7.25. The molecule has 1 saturated heterocycles. The Morgan fingerprint density at radius 2 is 2.15 bits per heavy atom. The number of hydrogen-bond acceptors (Lipinski definition) is 3. The maximum Gasteiger partial charge on any atom is 0.251 e. The average Bonchev–Trinajstić information content (AvgIpc) is 2.96. The molecule has 0 bridgehead atoms. The zero-order valence-corrected chi connectivity index (χ0v) is 12.2. The van der Waals surface area contributed by atoms with Crippen LogP contribution < -0.4 is 10.1 Å². The van der Waals surface area contributed by atoms with Crippen LogP contribution in [0.3, 0.4) is 0 Å². The van der Waals surface area contributed by atoms with Crippen molar-refractivity contribution in [3.05, 3.63) is 29.8 Å². The van der Waals surface area contributed by atoms with E-state index >= 15 is 0 Å². The molecule has 1 aromatic rings. The van der Waals surface area contributed by atoms with Crippen molar-refractivity contribution in [2.24, 2.45) is 5.92 Å².